The van der Waals surface area contributed by atoms with Crippen molar-refractivity contribution in [3.8, 4) is 11.5 Å². The zero-order valence-electron chi connectivity index (χ0n) is 14.4. The molecular formula is C20H15ClN4O2. The number of aryl methyl sites for hydroxylation is 1. The van der Waals surface area contributed by atoms with E-state index in [0.29, 0.717) is 39.2 Å². The molecule has 0 saturated heterocycles. The number of pyridine rings is 1. The second-order valence-corrected chi connectivity index (χ2v) is 6.28. The number of nitrogens with zero attached hydrogens (tertiary/aromatic N) is 3. The lowest BCUT2D eigenvalue weighted by atomic mass is 10.2. The third-order valence-corrected chi connectivity index (χ3v) is 4.34. The van der Waals surface area contributed by atoms with Gasteiger partial charge in [0, 0.05) is 6.20 Å². The lowest BCUT2D eigenvalue weighted by molar-refractivity contribution is 0.102. The standard InChI is InChI=1S/C20H15ClN4O2/c1-13-23-24-19-11-10-14(12-25(13)19)20(26)22-16-7-3-5-9-18(16)27-17-8-4-2-6-15(17)21/h2-12H,1H3,(H,22,26). The highest BCUT2D eigenvalue weighted by molar-refractivity contribution is 6.32. The van der Waals surface area contributed by atoms with E-state index >= 15 is 0 Å². The number of carbonyl (C=O) groups is 1. The van der Waals surface area contributed by atoms with E-state index in [1.54, 1.807) is 47.0 Å². The minimum Gasteiger partial charge on any atom is -0.454 e. The number of benzene rings is 2. The first kappa shape index (κ1) is 17.1. The van der Waals surface area contributed by atoms with Gasteiger partial charge < -0.3 is 10.1 Å². The number of nitrogens with one attached hydrogen (secondary N) is 1. The zero-order chi connectivity index (χ0) is 18.8. The van der Waals surface area contributed by atoms with Gasteiger partial charge in [-0.25, -0.2) is 0 Å². The Bertz CT molecular complexity index is 1140. The number of hydrogen-bond acceptors (Lipinski definition) is 4. The first-order chi connectivity index (χ1) is 13.1. The van der Waals surface area contributed by atoms with Crippen molar-refractivity contribution in [2.24, 2.45) is 0 Å². The highest BCUT2D eigenvalue weighted by Crippen LogP contribution is 2.33. The molecule has 27 heavy (non-hydrogen) atoms. The molecule has 6 nitrogen and oxygen atoms in total. The molecule has 0 unspecified atom stereocenters. The molecule has 0 bridgehead atoms. The van der Waals surface area contributed by atoms with E-state index in [9.17, 15) is 4.79 Å². The van der Waals surface area contributed by atoms with E-state index in [4.69, 9.17) is 16.3 Å². The summed E-state index contributed by atoms with van der Waals surface area (Å²) in [5.74, 6) is 1.46. The molecule has 0 spiro atoms. The number of amides is 1. The summed E-state index contributed by atoms with van der Waals surface area (Å²) in [6.07, 6.45) is 1.71. The minimum absolute atomic E-state index is 0.264. The van der Waals surface area contributed by atoms with Crippen LogP contribution in [0.15, 0.2) is 66.9 Å². The molecule has 0 aliphatic rings. The van der Waals surface area contributed by atoms with E-state index < -0.39 is 0 Å². The van der Waals surface area contributed by atoms with Crippen LogP contribution >= 0.6 is 11.6 Å². The molecule has 0 saturated carbocycles. The molecule has 7 heteroatoms. The summed E-state index contributed by atoms with van der Waals surface area (Å²) in [5.41, 5.74) is 1.72. The largest absolute Gasteiger partial charge is 0.454 e. The van der Waals surface area contributed by atoms with Gasteiger partial charge in [-0.1, -0.05) is 35.9 Å². The SMILES string of the molecule is Cc1nnc2ccc(C(=O)Nc3ccccc3Oc3ccccc3Cl)cn12. The smallest absolute Gasteiger partial charge is 0.257 e. The number of para-hydroxylation sites is 3. The number of rotatable bonds is 4. The predicted octanol–water partition coefficient (Wildman–Crippen LogP) is 4.74. The molecule has 0 fully saturated rings. The lowest BCUT2D eigenvalue weighted by Crippen LogP contribution is -2.13. The maximum atomic E-state index is 12.7. The fourth-order valence-electron chi connectivity index (χ4n) is 2.64. The Kier molecular flexibility index (Phi) is 4.48. The molecule has 0 radical (unpaired) electrons. The van der Waals surface area contributed by atoms with Gasteiger partial charge in [-0.15, -0.1) is 10.2 Å². The van der Waals surface area contributed by atoms with Crippen LogP contribution in [-0.4, -0.2) is 20.5 Å². The van der Waals surface area contributed by atoms with Crippen molar-refractivity contribution < 1.29 is 9.53 Å². The van der Waals surface area contributed by atoms with E-state index in [1.807, 2.05) is 31.2 Å². The molecule has 0 atom stereocenters. The molecule has 1 amide bonds. The Labute approximate surface area is 160 Å². The summed E-state index contributed by atoms with van der Waals surface area (Å²) in [7, 11) is 0. The van der Waals surface area contributed by atoms with Crippen molar-refractivity contribution in [1.29, 1.82) is 0 Å². The van der Waals surface area contributed by atoms with Gasteiger partial charge >= 0.3 is 0 Å². The van der Waals surface area contributed by atoms with Crippen molar-refractivity contribution in [1.82, 2.24) is 14.6 Å². The third kappa shape index (κ3) is 3.47. The van der Waals surface area contributed by atoms with Gasteiger partial charge in [-0.2, -0.15) is 0 Å². The molecule has 134 valence electrons. The number of anilines is 1. The summed E-state index contributed by atoms with van der Waals surface area (Å²) < 4.78 is 7.65. The summed E-state index contributed by atoms with van der Waals surface area (Å²) in [4.78, 5) is 12.7. The second-order valence-electron chi connectivity index (χ2n) is 5.88. The van der Waals surface area contributed by atoms with Gasteiger partial charge in [0.15, 0.2) is 11.4 Å². The summed E-state index contributed by atoms with van der Waals surface area (Å²) in [6.45, 7) is 1.83. The Morgan fingerprint density at radius 3 is 2.56 bits per heavy atom. The molecule has 1 N–H and O–H groups in total. The van der Waals surface area contributed by atoms with Crippen LogP contribution in [-0.2, 0) is 0 Å². The first-order valence-electron chi connectivity index (χ1n) is 8.26. The molecule has 2 aromatic carbocycles. The Morgan fingerprint density at radius 1 is 1.00 bits per heavy atom. The predicted molar refractivity (Wildman–Crippen MR) is 104 cm³/mol. The number of carbonyl (C=O) groups excluding carboxylic acids is 1. The third-order valence-electron chi connectivity index (χ3n) is 4.03. The fourth-order valence-corrected chi connectivity index (χ4v) is 2.81. The van der Waals surface area contributed by atoms with Gasteiger partial charge in [0.1, 0.15) is 11.6 Å². The van der Waals surface area contributed by atoms with Crippen LogP contribution in [0.25, 0.3) is 5.65 Å². The normalized spacial score (nSPS) is 10.7. The zero-order valence-corrected chi connectivity index (χ0v) is 15.1. The maximum absolute atomic E-state index is 12.7. The minimum atomic E-state index is -0.264. The Hall–Kier alpha value is -3.38. The number of hydrogen-bond donors (Lipinski definition) is 1. The van der Waals surface area contributed by atoms with Crippen LogP contribution in [0.4, 0.5) is 5.69 Å². The highest BCUT2D eigenvalue weighted by atomic mass is 35.5. The van der Waals surface area contributed by atoms with Crippen molar-refractivity contribution in [3.05, 3.63) is 83.3 Å². The topological polar surface area (TPSA) is 68.5 Å². The van der Waals surface area contributed by atoms with Crippen LogP contribution in [0.5, 0.6) is 11.5 Å². The molecular weight excluding hydrogens is 364 g/mol. The first-order valence-corrected chi connectivity index (χ1v) is 8.64. The van der Waals surface area contributed by atoms with E-state index in [1.165, 1.54) is 0 Å². The van der Waals surface area contributed by atoms with Crippen LogP contribution < -0.4 is 10.1 Å². The van der Waals surface area contributed by atoms with Crippen LogP contribution in [0.1, 0.15) is 16.2 Å². The summed E-state index contributed by atoms with van der Waals surface area (Å²) in [5, 5.41) is 11.4. The van der Waals surface area contributed by atoms with E-state index in [-0.39, 0.29) is 5.91 Å². The number of aromatic nitrogens is 3. The molecule has 4 aromatic rings. The Balaban J connectivity index is 1.61. The Morgan fingerprint density at radius 2 is 1.74 bits per heavy atom. The summed E-state index contributed by atoms with van der Waals surface area (Å²) >= 11 is 6.16. The summed E-state index contributed by atoms with van der Waals surface area (Å²) in [6, 6.07) is 17.8. The quantitative estimate of drug-likeness (QED) is 0.557. The van der Waals surface area contributed by atoms with Crippen molar-refractivity contribution in [3.63, 3.8) is 0 Å². The molecule has 0 aliphatic carbocycles. The molecule has 2 aromatic heterocycles. The van der Waals surface area contributed by atoms with Crippen molar-refractivity contribution in [2.75, 3.05) is 5.32 Å². The van der Waals surface area contributed by atoms with E-state index in [0.717, 1.165) is 0 Å². The van der Waals surface area contributed by atoms with Gasteiger partial charge in [0.25, 0.3) is 5.91 Å². The molecule has 0 aliphatic heterocycles. The second kappa shape index (κ2) is 7.09. The number of fused-ring (bicyclic) bond motifs is 1. The fraction of sp³-hybridized carbons (Fsp3) is 0.0500. The van der Waals surface area contributed by atoms with Crippen LogP contribution in [0.3, 0.4) is 0 Å². The highest BCUT2D eigenvalue weighted by Gasteiger charge is 2.13. The lowest BCUT2D eigenvalue weighted by Gasteiger charge is -2.13. The average Bonchev–Trinajstić information content (AvgIpc) is 3.05. The van der Waals surface area contributed by atoms with Gasteiger partial charge in [0.2, 0.25) is 0 Å². The monoisotopic (exact) mass is 378 g/mol. The average molecular weight is 379 g/mol. The van der Waals surface area contributed by atoms with Crippen molar-refractivity contribution >= 4 is 28.8 Å². The van der Waals surface area contributed by atoms with Gasteiger partial charge in [0.05, 0.1) is 16.3 Å². The molecule has 4 rings (SSSR count). The van der Waals surface area contributed by atoms with Gasteiger partial charge in [-0.3, -0.25) is 9.20 Å². The van der Waals surface area contributed by atoms with Crippen LogP contribution in [0, 0.1) is 6.92 Å². The van der Waals surface area contributed by atoms with E-state index in [2.05, 4.69) is 15.5 Å². The number of halogens is 1. The van der Waals surface area contributed by atoms with Crippen molar-refractivity contribution in [2.45, 2.75) is 6.92 Å². The van der Waals surface area contributed by atoms with Gasteiger partial charge in [-0.05, 0) is 43.3 Å². The maximum Gasteiger partial charge on any atom is 0.257 e. The number of ether oxygens (including phenoxy) is 1. The van der Waals surface area contributed by atoms with Crippen LogP contribution in [0.2, 0.25) is 5.02 Å². The molecule has 2 heterocycles.